The minimum atomic E-state index is -1.36. The minimum Gasteiger partial charge on any atom is -0.472 e. The Hall–Kier alpha value is -2.31. The Morgan fingerprint density at radius 1 is 0.976 bits per heavy atom. The van der Waals surface area contributed by atoms with Crippen LogP contribution in [0.15, 0.2) is 23.0 Å². The van der Waals surface area contributed by atoms with Gasteiger partial charge >= 0.3 is 11.9 Å². The van der Waals surface area contributed by atoms with E-state index < -0.39 is 87.5 Å². The van der Waals surface area contributed by atoms with Gasteiger partial charge in [0.15, 0.2) is 18.2 Å². The van der Waals surface area contributed by atoms with Gasteiger partial charge in [-0.2, -0.15) is 0 Å². The van der Waals surface area contributed by atoms with Crippen LogP contribution in [0.3, 0.4) is 0 Å². The molecule has 1 spiro atoms. The number of hydrogen-bond acceptors (Lipinski definition) is 11. The number of rotatable bonds is 3. The van der Waals surface area contributed by atoms with Crippen LogP contribution in [-0.4, -0.2) is 82.1 Å². The molecule has 1 aromatic heterocycles. The van der Waals surface area contributed by atoms with E-state index in [1.807, 2.05) is 19.9 Å². The molecule has 7 rings (SSSR count). The maximum Gasteiger partial charge on any atom is 0.303 e. The molecule has 3 unspecified atom stereocenters. The molecule has 0 aromatic carbocycles. The highest BCUT2D eigenvalue weighted by Gasteiger charge is 2.92. The molecule has 14 atom stereocenters. The van der Waals surface area contributed by atoms with Crippen molar-refractivity contribution in [3.63, 3.8) is 0 Å². The summed E-state index contributed by atoms with van der Waals surface area (Å²) in [6.45, 7) is 7.85. The van der Waals surface area contributed by atoms with Gasteiger partial charge in [0.25, 0.3) is 0 Å². The Morgan fingerprint density at radius 2 is 1.68 bits per heavy atom. The smallest absolute Gasteiger partial charge is 0.303 e. The lowest BCUT2D eigenvalue weighted by atomic mass is 9.33. The molecule has 3 N–H and O–H groups in total. The zero-order chi connectivity index (χ0) is 29.5. The molecule has 2 bridgehead atoms. The molecular formula is C30H38O11. The van der Waals surface area contributed by atoms with E-state index in [0.717, 1.165) is 5.56 Å². The van der Waals surface area contributed by atoms with Crippen LogP contribution in [0.1, 0.15) is 65.4 Å². The zero-order valence-electron chi connectivity index (χ0n) is 23.9. The van der Waals surface area contributed by atoms with E-state index in [0.29, 0.717) is 6.42 Å². The molecule has 4 saturated carbocycles. The molecule has 41 heavy (non-hydrogen) atoms. The Labute approximate surface area is 237 Å². The number of ketones is 1. The van der Waals surface area contributed by atoms with Gasteiger partial charge in [0, 0.05) is 42.9 Å². The molecule has 224 valence electrons. The summed E-state index contributed by atoms with van der Waals surface area (Å²) in [7, 11) is 0. The summed E-state index contributed by atoms with van der Waals surface area (Å²) >= 11 is 0. The molecule has 11 heteroatoms. The van der Waals surface area contributed by atoms with Gasteiger partial charge in [0.05, 0.1) is 48.3 Å². The summed E-state index contributed by atoms with van der Waals surface area (Å²) in [4.78, 5) is 39.7. The summed E-state index contributed by atoms with van der Waals surface area (Å²) in [5.41, 5.74) is -4.93. The van der Waals surface area contributed by atoms with Crippen LogP contribution in [-0.2, 0) is 33.3 Å². The standard InChI is InChI=1S/C30H38O11/c1-13(31)39-20-10-19(34)29-12-38-25(36)26(20,3)17(29)9-18(33)28(5)23(29)22(35)24(40-14(2)32)27(4)16(15-6-7-37-11-15)8-21-30(27,28)41-21/h6-7,11,16-21,23-25,33-34,36H,8-10,12H2,1-5H3/t16-,17?,18+,19-,20+,21+,23?,24-,25?,26+,27+,28+,29+,30+/m1/s1. The van der Waals surface area contributed by atoms with Gasteiger partial charge in [-0.3, -0.25) is 14.4 Å². The molecule has 1 aromatic rings. The largest absolute Gasteiger partial charge is 0.472 e. The molecule has 11 nitrogen and oxygen atoms in total. The monoisotopic (exact) mass is 574 g/mol. The number of Topliss-reactive ketones (excluding diaryl/α,β-unsaturated/α-hetero) is 1. The van der Waals surface area contributed by atoms with Crippen LogP contribution in [0.4, 0.5) is 0 Å². The Bertz CT molecular complexity index is 1310. The van der Waals surface area contributed by atoms with E-state index in [1.165, 1.54) is 13.8 Å². The molecule has 0 amide bonds. The number of esters is 2. The number of hydrogen-bond donors (Lipinski definition) is 3. The van der Waals surface area contributed by atoms with Gasteiger partial charge in [0.2, 0.25) is 0 Å². The molecular weight excluding hydrogens is 536 g/mol. The Kier molecular flexibility index (Phi) is 5.50. The Morgan fingerprint density at radius 3 is 2.32 bits per heavy atom. The number of aliphatic hydroxyl groups excluding tert-OH is 3. The van der Waals surface area contributed by atoms with E-state index in [2.05, 4.69) is 0 Å². The second-order valence-corrected chi connectivity index (χ2v) is 13.9. The van der Waals surface area contributed by atoms with Crippen LogP contribution >= 0.6 is 0 Å². The minimum absolute atomic E-state index is 0.0205. The number of epoxide rings is 1. The van der Waals surface area contributed by atoms with Crippen molar-refractivity contribution in [2.24, 2.45) is 33.5 Å². The number of ether oxygens (including phenoxy) is 4. The highest BCUT2D eigenvalue weighted by molar-refractivity contribution is 5.93. The molecule has 2 aliphatic heterocycles. The van der Waals surface area contributed by atoms with Crippen molar-refractivity contribution in [3.05, 3.63) is 24.2 Å². The van der Waals surface area contributed by atoms with Crippen molar-refractivity contribution in [3.8, 4) is 0 Å². The van der Waals surface area contributed by atoms with Crippen molar-refractivity contribution in [1.29, 1.82) is 0 Å². The van der Waals surface area contributed by atoms with E-state index >= 15 is 4.79 Å². The predicted octanol–water partition coefficient (Wildman–Crippen LogP) is 1.47. The van der Waals surface area contributed by atoms with Crippen molar-refractivity contribution in [1.82, 2.24) is 0 Å². The molecule has 6 fully saturated rings. The molecule has 4 aliphatic carbocycles. The second-order valence-electron chi connectivity index (χ2n) is 13.9. The van der Waals surface area contributed by atoms with E-state index in [-0.39, 0.29) is 31.5 Å². The third-order valence-electron chi connectivity index (χ3n) is 12.6. The first-order valence-electron chi connectivity index (χ1n) is 14.5. The number of carbonyl (C=O) groups is 3. The normalized spacial score (nSPS) is 54.7. The lowest BCUT2D eigenvalue weighted by Gasteiger charge is -2.73. The summed E-state index contributed by atoms with van der Waals surface area (Å²) in [5.74, 6) is -3.56. The molecule has 2 saturated heterocycles. The number of carbonyl (C=O) groups excluding carboxylic acids is 3. The maximum atomic E-state index is 15.0. The van der Waals surface area contributed by atoms with Gasteiger partial charge < -0.3 is 38.7 Å². The van der Waals surface area contributed by atoms with Crippen LogP contribution < -0.4 is 0 Å². The SMILES string of the molecule is CC(=O)O[C@H]1C[C@@H](O)[C@]23COC(O)[C@@]1(C)C2C[C@H](O)[C@@]1(C)C3C(=O)[C@@H](OC(C)=O)[C@]2(C)[C@@H](c3ccoc3)C[C@@H]3O[C@@]321. The number of fused-ring (bicyclic) bond motifs is 1. The topological polar surface area (TPSA) is 165 Å². The van der Waals surface area contributed by atoms with Gasteiger partial charge in [-0.25, -0.2) is 0 Å². The van der Waals surface area contributed by atoms with Gasteiger partial charge in [-0.1, -0.05) is 20.8 Å². The zero-order valence-corrected chi connectivity index (χ0v) is 23.9. The van der Waals surface area contributed by atoms with Crippen LogP contribution in [0.5, 0.6) is 0 Å². The molecule has 3 heterocycles. The van der Waals surface area contributed by atoms with Crippen molar-refractivity contribution in [2.45, 2.75) is 102 Å². The summed E-state index contributed by atoms with van der Waals surface area (Å²) < 4.78 is 29.5. The fourth-order valence-corrected chi connectivity index (χ4v) is 11.0. The maximum absolute atomic E-state index is 15.0. The van der Waals surface area contributed by atoms with E-state index in [9.17, 15) is 24.9 Å². The molecule has 0 radical (unpaired) electrons. The predicted molar refractivity (Wildman–Crippen MR) is 137 cm³/mol. The fraction of sp³-hybridized carbons (Fsp3) is 0.767. The third kappa shape index (κ3) is 2.85. The Balaban J connectivity index is 1.44. The first-order chi connectivity index (χ1) is 19.2. The fourth-order valence-electron chi connectivity index (χ4n) is 11.0. The highest BCUT2D eigenvalue weighted by Crippen LogP contribution is 2.82. The van der Waals surface area contributed by atoms with Crippen molar-refractivity contribution < 1.29 is 53.1 Å². The average molecular weight is 575 g/mol. The first kappa shape index (κ1) is 27.5. The van der Waals surface area contributed by atoms with Crippen LogP contribution in [0, 0.1) is 33.5 Å². The lowest BCUT2D eigenvalue weighted by Crippen LogP contribution is -2.82. The van der Waals surface area contributed by atoms with Gasteiger partial charge in [-0.15, -0.1) is 0 Å². The van der Waals surface area contributed by atoms with Crippen LogP contribution in [0.2, 0.25) is 0 Å². The first-order valence-corrected chi connectivity index (χ1v) is 14.5. The summed E-state index contributed by atoms with van der Waals surface area (Å²) in [6.07, 6.45) is -2.27. The second kappa shape index (κ2) is 8.19. The summed E-state index contributed by atoms with van der Waals surface area (Å²) in [6, 6.07) is 1.84. The summed E-state index contributed by atoms with van der Waals surface area (Å²) in [5, 5.41) is 35.4. The lowest BCUT2D eigenvalue weighted by molar-refractivity contribution is -0.373. The van der Waals surface area contributed by atoms with Crippen molar-refractivity contribution >= 4 is 17.7 Å². The average Bonchev–Trinajstić information content (AvgIpc) is 3.26. The molecule has 6 aliphatic rings. The van der Waals surface area contributed by atoms with Crippen LogP contribution in [0.25, 0.3) is 0 Å². The number of aliphatic hydroxyl groups is 3. The third-order valence-corrected chi connectivity index (χ3v) is 12.6. The van der Waals surface area contributed by atoms with Gasteiger partial charge in [-0.05, 0) is 30.4 Å². The van der Waals surface area contributed by atoms with E-state index in [1.54, 1.807) is 19.5 Å². The van der Waals surface area contributed by atoms with Gasteiger partial charge in [0.1, 0.15) is 11.7 Å². The quantitative estimate of drug-likeness (QED) is 0.354. The number of furan rings is 1. The van der Waals surface area contributed by atoms with Crippen molar-refractivity contribution in [2.75, 3.05) is 6.61 Å². The van der Waals surface area contributed by atoms with E-state index in [4.69, 9.17) is 23.4 Å². The highest BCUT2D eigenvalue weighted by atomic mass is 16.6.